The van der Waals surface area contributed by atoms with E-state index in [4.69, 9.17) is 27.9 Å². The Morgan fingerprint density at radius 3 is 2.24 bits per heavy atom. The molecule has 0 amide bonds. The van der Waals surface area contributed by atoms with Crippen LogP contribution in [0.2, 0.25) is 10.0 Å². The SMILES string of the molecule is FC(F)(F)Oc1ccc(-c2n[nH]c(N3CCC[C@@H](N4c5ccc(Cl)cc5Oc5cc(Cl)ccc54)C3)n2)cc1. The van der Waals surface area contributed by atoms with Crippen molar-refractivity contribution in [3.63, 3.8) is 0 Å². The van der Waals surface area contributed by atoms with E-state index in [1.165, 1.54) is 24.3 Å². The predicted molar refractivity (Wildman–Crippen MR) is 139 cm³/mol. The van der Waals surface area contributed by atoms with Crippen LogP contribution >= 0.6 is 23.2 Å². The molecule has 1 N–H and O–H groups in total. The molecule has 3 heterocycles. The lowest BCUT2D eigenvalue weighted by Gasteiger charge is -2.43. The number of hydrogen-bond donors (Lipinski definition) is 1. The summed E-state index contributed by atoms with van der Waals surface area (Å²) >= 11 is 12.5. The molecule has 1 fully saturated rings. The van der Waals surface area contributed by atoms with Crippen LogP contribution in [0.4, 0.5) is 30.5 Å². The van der Waals surface area contributed by atoms with Crippen LogP contribution in [0.5, 0.6) is 17.2 Å². The molecule has 0 aliphatic carbocycles. The molecule has 1 atom stereocenters. The third-order valence-corrected chi connectivity index (χ3v) is 6.93. The highest BCUT2D eigenvalue weighted by molar-refractivity contribution is 6.31. The zero-order valence-corrected chi connectivity index (χ0v) is 21.2. The number of hydrogen-bond acceptors (Lipinski definition) is 6. The molecule has 0 spiro atoms. The Morgan fingerprint density at radius 1 is 0.947 bits per heavy atom. The second kappa shape index (κ2) is 9.59. The molecule has 2 aliphatic rings. The van der Waals surface area contributed by atoms with Gasteiger partial charge in [0.1, 0.15) is 5.75 Å². The third kappa shape index (κ3) is 4.93. The van der Waals surface area contributed by atoms with E-state index in [2.05, 4.69) is 29.7 Å². The lowest BCUT2D eigenvalue weighted by atomic mass is 10.0. The maximum absolute atomic E-state index is 12.5. The van der Waals surface area contributed by atoms with Gasteiger partial charge in [-0.2, -0.15) is 10.1 Å². The van der Waals surface area contributed by atoms with Gasteiger partial charge < -0.3 is 19.3 Å². The Labute approximate surface area is 225 Å². The Kier molecular flexibility index (Phi) is 6.23. The summed E-state index contributed by atoms with van der Waals surface area (Å²) in [6.45, 7) is 1.42. The summed E-state index contributed by atoms with van der Waals surface area (Å²) < 4.78 is 47.5. The molecule has 12 heteroatoms. The van der Waals surface area contributed by atoms with Crippen molar-refractivity contribution in [1.29, 1.82) is 0 Å². The Morgan fingerprint density at radius 2 is 1.61 bits per heavy atom. The van der Waals surface area contributed by atoms with Crippen molar-refractivity contribution < 1.29 is 22.6 Å². The van der Waals surface area contributed by atoms with Crippen LogP contribution in [-0.4, -0.2) is 40.7 Å². The first-order chi connectivity index (χ1) is 18.2. The number of alkyl halides is 3. The summed E-state index contributed by atoms with van der Waals surface area (Å²) in [4.78, 5) is 8.99. The van der Waals surface area contributed by atoms with Gasteiger partial charge >= 0.3 is 6.36 Å². The first-order valence-corrected chi connectivity index (χ1v) is 12.6. The largest absolute Gasteiger partial charge is 0.573 e. The van der Waals surface area contributed by atoms with E-state index in [9.17, 15) is 13.2 Å². The smallest absolute Gasteiger partial charge is 0.453 e. The first kappa shape index (κ1) is 24.7. The minimum absolute atomic E-state index is 0.0832. The van der Waals surface area contributed by atoms with E-state index in [1.54, 1.807) is 12.1 Å². The number of aromatic amines is 1. The van der Waals surface area contributed by atoms with Gasteiger partial charge in [-0.3, -0.25) is 0 Å². The maximum atomic E-state index is 12.5. The van der Waals surface area contributed by atoms with Crippen molar-refractivity contribution in [3.05, 3.63) is 70.7 Å². The van der Waals surface area contributed by atoms with Gasteiger partial charge in [0.15, 0.2) is 17.3 Å². The monoisotopic (exact) mass is 561 g/mol. The quantitative estimate of drug-likeness (QED) is 0.277. The van der Waals surface area contributed by atoms with Crippen LogP contribution in [-0.2, 0) is 0 Å². The third-order valence-electron chi connectivity index (χ3n) is 6.46. The fourth-order valence-corrected chi connectivity index (χ4v) is 5.19. The van der Waals surface area contributed by atoms with Gasteiger partial charge in [-0.15, -0.1) is 13.2 Å². The molecule has 0 radical (unpaired) electrons. The van der Waals surface area contributed by atoms with Crippen molar-refractivity contribution in [2.75, 3.05) is 22.9 Å². The van der Waals surface area contributed by atoms with Crippen molar-refractivity contribution in [3.8, 4) is 28.6 Å². The maximum Gasteiger partial charge on any atom is 0.573 e. The molecule has 196 valence electrons. The number of piperidine rings is 1. The average Bonchev–Trinajstić information content (AvgIpc) is 3.37. The van der Waals surface area contributed by atoms with E-state index in [1.807, 2.05) is 24.3 Å². The fraction of sp³-hybridized carbons (Fsp3) is 0.231. The summed E-state index contributed by atoms with van der Waals surface area (Å²) in [7, 11) is 0. The van der Waals surface area contributed by atoms with Crippen molar-refractivity contribution in [2.24, 2.45) is 0 Å². The summed E-state index contributed by atoms with van der Waals surface area (Å²) in [5, 5.41) is 8.42. The van der Waals surface area contributed by atoms with Crippen LogP contribution in [0.1, 0.15) is 12.8 Å². The predicted octanol–water partition coefficient (Wildman–Crippen LogP) is 7.59. The second-order valence-electron chi connectivity index (χ2n) is 8.99. The number of nitrogens with one attached hydrogen (secondary N) is 1. The number of aromatic nitrogens is 3. The van der Waals surface area contributed by atoms with Crippen LogP contribution in [0.15, 0.2) is 60.7 Å². The summed E-state index contributed by atoms with van der Waals surface area (Å²) in [5.74, 6) is 1.98. The second-order valence-corrected chi connectivity index (χ2v) is 9.87. The van der Waals surface area contributed by atoms with Crippen LogP contribution in [0, 0.1) is 0 Å². The topological polar surface area (TPSA) is 66.5 Å². The lowest BCUT2D eigenvalue weighted by Crippen LogP contribution is -2.47. The minimum Gasteiger partial charge on any atom is -0.453 e. The number of H-pyrrole nitrogens is 1. The number of anilines is 3. The molecule has 1 saturated heterocycles. The molecule has 6 rings (SSSR count). The molecular weight excluding hydrogens is 542 g/mol. The number of ether oxygens (including phenoxy) is 2. The molecule has 7 nitrogen and oxygen atoms in total. The zero-order valence-electron chi connectivity index (χ0n) is 19.7. The molecule has 0 bridgehead atoms. The molecule has 4 aromatic rings. The van der Waals surface area contributed by atoms with E-state index in [0.29, 0.717) is 45.4 Å². The van der Waals surface area contributed by atoms with Crippen molar-refractivity contribution in [1.82, 2.24) is 15.2 Å². The fourth-order valence-electron chi connectivity index (χ4n) is 4.87. The van der Waals surface area contributed by atoms with E-state index in [-0.39, 0.29) is 11.8 Å². The van der Waals surface area contributed by atoms with E-state index < -0.39 is 6.36 Å². The van der Waals surface area contributed by atoms with E-state index >= 15 is 0 Å². The lowest BCUT2D eigenvalue weighted by molar-refractivity contribution is -0.274. The highest BCUT2D eigenvalue weighted by atomic mass is 35.5. The highest BCUT2D eigenvalue weighted by Crippen LogP contribution is 2.50. The van der Waals surface area contributed by atoms with Gasteiger partial charge in [-0.25, -0.2) is 5.10 Å². The summed E-state index contributed by atoms with van der Waals surface area (Å²) in [6, 6.07) is 16.7. The molecule has 0 saturated carbocycles. The molecule has 38 heavy (non-hydrogen) atoms. The van der Waals surface area contributed by atoms with Crippen molar-refractivity contribution >= 4 is 40.5 Å². The molecule has 1 aromatic heterocycles. The number of benzene rings is 3. The van der Waals surface area contributed by atoms with Gasteiger partial charge in [0.25, 0.3) is 0 Å². The number of fused-ring (bicyclic) bond motifs is 2. The Bertz CT molecular complexity index is 1430. The number of halogens is 5. The molecule has 3 aromatic carbocycles. The van der Waals surface area contributed by atoms with Crippen molar-refractivity contribution in [2.45, 2.75) is 25.2 Å². The van der Waals surface area contributed by atoms with Crippen LogP contribution in [0.25, 0.3) is 11.4 Å². The highest BCUT2D eigenvalue weighted by Gasteiger charge is 2.34. The van der Waals surface area contributed by atoms with Gasteiger partial charge in [-0.05, 0) is 61.4 Å². The Hall–Kier alpha value is -3.63. The number of nitrogens with zero attached hydrogens (tertiary/aromatic N) is 4. The standard InChI is InChI=1S/C26H20Cl2F3N5O2/c27-16-5-9-20-22(12-16)37-23-13-17(28)6-10-21(23)36(20)18-2-1-11-35(14-18)25-32-24(33-34-25)15-3-7-19(8-4-15)38-26(29,30)31/h3-10,12-13,18H,1-2,11,14H2,(H,32,33,34)/t18-/m1/s1. The van der Waals surface area contributed by atoms with Gasteiger partial charge in [-0.1, -0.05) is 23.2 Å². The van der Waals surface area contributed by atoms with Crippen LogP contribution in [0.3, 0.4) is 0 Å². The summed E-state index contributed by atoms with van der Waals surface area (Å²) in [5.41, 5.74) is 2.39. The van der Waals surface area contributed by atoms with Gasteiger partial charge in [0, 0.05) is 40.8 Å². The summed E-state index contributed by atoms with van der Waals surface area (Å²) in [6.07, 6.45) is -2.90. The van der Waals surface area contributed by atoms with Crippen LogP contribution < -0.4 is 19.3 Å². The minimum atomic E-state index is -4.75. The zero-order chi connectivity index (χ0) is 26.4. The average molecular weight is 562 g/mol. The molecule has 0 unspecified atom stereocenters. The number of rotatable bonds is 4. The Balaban J connectivity index is 1.25. The first-order valence-electron chi connectivity index (χ1n) is 11.8. The molecule has 2 aliphatic heterocycles. The molecular formula is C26H20Cl2F3N5O2. The van der Waals surface area contributed by atoms with Gasteiger partial charge in [0.2, 0.25) is 5.95 Å². The normalized spacial score (nSPS) is 17.0. The van der Waals surface area contributed by atoms with Gasteiger partial charge in [0.05, 0.1) is 17.4 Å². The van der Waals surface area contributed by atoms with E-state index in [0.717, 1.165) is 30.8 Å².